The van der Waals surface area contributed by atoms with Gasteiger partial charge in [-0.1, -0.05) is 6.07 Å². The van der Waals surface area contributed by atoms with Crippen molar-refractivity contribution in [3.63, 3.8) is 0 Å². The number of morpholine rings is 1. The molecule has 0 radical (unpaired) electrons. The molecule has 0 saturated carbocycles. The summed E-state index contributed by atoms with van der Waals surface area (Å²) < 4.78 is 20.0. The predicted molar refractivity (Wildman–Crippen MR) is 103 cm³/mol. The van der Waals surface area contributed by atoms with E-state index in [-0.39, 0.29) is 18.3 Å². The number of imidazole rings is 1. The van der Waals surface area contributed by atoms with Crippen LogP contribution in [0.3, 0.4) is 0 Å². The highest BCUT2D eigenvalue weighted by Crippen LogP contribution is 2.36. The second-order valence-corrected chi connectivity index (χ2v) is 8.23. The fraction of sp³-hybridized carbons (Fsp3) is 0.632. The summed E-state index contributed by atoms with van der Waals surface area (Å²) in [7, 11) is -0.341. The van der Waals surface area contributed by atoms with Gasteiger partial charge in [-0.3, -0.25) is 4.90 Å². The molecule has 0 spiro atoms. The SMILES string of the molecule is CC1(C)OB(c2ccc3ncn(CCN4CCOCC4)c3c2)OC1(C)C. The van der Waals surface area contributed by atoms with Crippen molar-refractivity contribution in [2.75, 3.05) is 32.8 Å². The average molecular weight is 357 g/mol. The van der Waals surface area contributed by atoms with E-state index >= 15 is 0 Å². The largest absolute Gasteiger partial charge is 0.494 e. The number of nitrogens with zero attached hydrogens (tertiary/aromatic N) is 3. The molecule has 2 aliphatic rings. The second kappa shape index (κ2) is 6.64. The normalized spacial score (nSPS) is 23.0. The molecule has 4 rings (SSSR count). The first-order valence-corrected chi connectivity index (χ1v) is 9.46. The van der Waals surface area contributed by atoms with Crippen LogP contribution in [0.5, 0.6) is 0 Å². The van der Waals surface area contributed by atoms with Crippen LogP contribution in [-0.4, -0.2) is 65.6 Å². The standard InChI is InChI=1S/C19H28BN3O3/c1-18(2)19(3,4)26-20(25-18)15-5-6-16-17(13-15)23(14-21-16)8-7-22-9-11-24-12-10-22/h5-6,13-14H,7-12H2,1-4H3. The van der Waals surface area contributed by atoms with Gasteiger partial charge in [0.2, 0.25) is 0 Å². The number of benzene rings is 1. The Bertz CT molecular complexity index is 767. The summed E-state index contributed by atoms with van der Waals surface area (Å²) in [5, 5.41) is 0. The van der Waals surface area contributed by atoms with E-state index in [4.69, 9.17) is 14.0 Å². The Kier molecular flexibility index (Phi) is 4.59. The summed E-state index contributed by atoms with van der Waals surface area (Å²) in [4.78, 5) is 6.98. The predicted octanol–water partition coefficient (Wildman–Crippen LogP) is 1.67. The lowest BCUT2D eigenvalue weighted by Gasteiger charge is -2.32. The third-order valence-corrected chi connectivity index (χ3v) is 5.93. The van der Waals surface area contributed by atoms with Gasteiger partial charge in [0.05, 0.1) is 41.8 Å². The van der Waals surface area contributed by atoms with Crippen LogP contribution in [0.15, 0.2) is 24.5 Å². The molecule has 0 atom stereocenters. The molecule has 2 fully saturated rings. The van der Waals surface area contributed by atoms with E-state index in [1.165, 1.54) is 0 Å². The number of fused-ring (bicyclic) bond motifs is 1. The fourth-order valence-electron chi connectivity index (χ4n) is 3.45. The highest BCUT2D eigenvalue weighted by Gasteiger charge is 2.51. The minimum absolute atomic E-state index is 0.330. The molecular weight excluding hydrogens is 329 g/mol. The van der Waals surface area contributed by atoms with Crippen LogP contribution in [0.1, 0.15) is 27.7 Å². The quantitative estimate of drug-likeness (QED) is 0.779. The van der Waals surface area contributed by atoms with Crippen molar-refractivity contribution in [1.82, 2.24) is 14.5 Å². The molecule has 6 nitrogen and oxygen atoms in total. The molecule has 26 heavy (non-hydrogen) atoms. The van der Waals surface area contributed by atoms with Crippen LogP contribution in [0, 0.1) is 0 Å². The molecule has 2 aliphatic heterocycles. The van der Waals surface area contributed by atoms with Crippen LogP contribution in [0.4, 0.5) is 0 Å². The summed E-state index contributed by atoms with van der Waals surface area (Å²) >= 11 is 0. The van der Waals surface area contributed by atoms with Crippen molar-refractivity contribution >= 4 is 23.6 Å². The van der Waals surface area contributed by atoms with Crippen LogP contribution in [0.2, 0.25) is 0 Å². The second-order valence-electron chi connectivity index (χ2n) is 8.23. The van der Waals surface area contributed by atoms with Gasteiger partial charge in [0.15, 0.2) is 0 Å². The third kappa shape index (κ3) is 3.29. The fourth-order valence-corrected chi connectivity index (χ4v) is 3.45. The Morgan fingerprint density at radius 3 is 2.42 bits per heavy atom. The van der Waals surface area contributed by atoms with Gasteiger partial charge in [0.1, 0.15) is 0 Å². The molecule has 3 heterocycles. The first kappa shape index (κ1) is 18.0. The maximum atomic E-state index is 6.20. The minimum atomic E-state index is -0.341. The monoisotopic (exact) mass is 357 g/mol. The molecule has 7 heteroatoms. The highest BCUT2D eigenvalue weighted by atomic mass is 16.7. The topological polar surface area (TPSA) is 48.8 Å². The van der Waals surface area contributed by atoms with Gasteiger partial charge in [0.25, 0.3) is 0 Å². The van der Waals surface area contributed by atoms with Crippen molar-refractivity contribution in [3.05, 3.63) is 24.5 Å². The molecule has 1 aromatic carbocycles. The van der Waals surface area contributed by atoms with E-state index in [2.05, 4.69) is 60.3 Å². The number of ether oxygens (including phenoxy) is 1. The molecular formula is C19H28BN3O3. The lowest BCUT2D eigenvalue weighted by molar-refractivity contribution is 0.00578. The van der Waals surface area contributed by atoms with E-state index in [0.29, 0.717) is 0 Å². The molecule has 0 N–H and O–H groups in total. The average Bonchev–Trinajstić information content (AvgIpc) is 3.11. The Labute approximate surface area is 155 Å². The smallest absolute Gasteiger partial charge is 0.399 e. The van der Waals surface area contributed by atoms with Gasteiger partial charge in [0, 0.05) is 26.2 Å². The number of rotatable bonds is 4. The third-order valence-electron chi connectivity index (χ3n) is 5.93. The van der Waals surface area contributed by atoms with Crippen molar-refractivity contribution in [2.45, 2.75) is 45.4 Å². The zero-order chi connectivity index (χ0) is 18.4. The lowest BCUT2D eigenvalue weighted by atomic mass is 9.79. The molecule has 0 aliphatic carbocycles. The van der Waals surface area contributed by atoms with Gasteiger partial charge >= 0.3 is 7.12 Å². The number of aromatic nitrogens is 2. The van der Waals surface area contributed by atoms with Gasteiger partial charge < -0.3 is 18.6 Å². The molecule has 0 amide bonds. The van der Waals surface area contributed by atoms with Gasteiger partial charge in [-0.05, 0) is 45.3 Å². The Morgan fingerprint density at radius 1 is 1.04 bits per heavy atom. The van der Waals surface area contributed by atoms with Crippen LogP contribution in [0.25, 0.3) is 11.0 Å². The zero-order valence-corrected chi connectivity index (χ0v) is 16.2. The van der Waals surface area contributed by atoms with Crippen LogP contribution >= 0.6 is 0 Å². The zero-order valence-electron chi connectivity index (χ0n) is 16.2. The van der Waals surface area contributed by atoms with E-state index in [0.717, 1.165) is 55.9 Å². The summed E-state index contributed by atoms with van der Waals surface area (Å²) in [6, 6.07) is 6.27. The molecule has 1 aromatic heterocycles. The first-order valence-electron chi connectivity index (χ1n) is 9.46. The Morgan fingerprint density at radius 2 is 1.73 bits per heavy atom. The number of hydrogen-bond donors (Lipinski definition) is 0. The molecule has 2 saturated heterocycles. The lowest BCUT2D eigenvalue weighted by Crippen LogP contribution is -2.41. The maximum absolute atomic E-state index is 6.20. The Balaban J connectivity index is 1.53. The van der Waals surface area contributed by atoms with E-state index in [1.54, 1.807) is 0 Å². The molecule has 0 bridgehead atoms. The summed E-state index contributed by atoms with van der Waals surface area (Å²) in [6.07, 6.45) is 1.93. The molecule has 2 aromatic rings. The summed E-state index contributed by atoms with van der Waals surface area (Å²) in [5.74, 6) is 0. The van der Waals surface area contributed by atoms with Gasteiger partial charge in [-0.2, -0.15) is 0 Å². The molecule has 140 valence electrons. The van der Waals surface area contributed by atoms with Crippen molar-refractivity contribution in [2.24, 2.45) is 0 Å². The van der Waals surface area contributed by atoms with Crippen LogP contribution < -0.4 is 5.46 Å². The molecule has 0 unspecified atom stereocenters. The summed E-state index contributed by atoms with van der Waals surface area (Å²) in [6.45, 7) is 13.9. The van der Waals surface area contributed by atoms with Crippen molar-refractivity contribution in [1.29, 1.82) is 0 Å². The van der Waals surface area contributed by atoms with E-state index in [9.17, 15) is 0 Å². The number of hydrogen-bond acceptors (Lipinski definition) is 5. The van der Waals surface area contributed by atoms with E-state index < -0.39 is 0 Å². The minimum Gasteiger partial charge on any atom is -0.399 e. The van der Waals surface area contributed by atoms with Crippen LogP contribution in [-0.2, 0) is 20.6 Å². The van der Waals surface area contributed by atoms with Gasteiger partial charge in [-0.25, -0.2) is 4.98 Å². The summed E-state index contributed by atoms with van der Waals surface area (Å²) in [5.41, 5.74) is 2.52. The van der Waals surface area contributed by atoms with E-state index in [1.807, 2.05) is 6.33 Å². The van der Waals surface area contributed by atoms with Crippen molar-refractivity contribution < 1.29 is 14.0 Å². The first-order chi connectivity index (χ1) is 12.4. The highest BCUT2D eigenvalue weighted by molar-refractivity contribution is 6.62. The van der Waals surface area contributed by atoms with Crippen molar-refractivity contribution in [3.8, 4) is 0 Å². The Hall–Kier alpha value is -1.41. The maximum Gasteiger partial charge on any atom is 0.494 e. The van der Waals surface area contributed by atoms with Gasteiger partial charge in [-0.15, -0.1) is 0 Å².